The van der Waals surface area contributed by atoms with Gasteiger partial charge in [0.2, 0.25) is 0 Å². The smallest absolute Gasteiger partial charge is 0.0932 e. The molecule has 0 aromatic carbocycles. The highest BCUT2D eigenvalue weighted by molar-refractivity contribution is 5.10. The molecule has 0 bridgehead atoms. The van der Waals surface area contributed by atoms with Crippen molar-refractivity contribution in [2.24, 2.45) is 22.7 Å². The van der Waals surface area contributed by atoms with E-state index in [1.165, 1.54) is 6.42 Å². The zero-order valence-electron chi connectivity index (χ0n) is 12.1. The minimum Gasteiger partial charge on any atom is -0.396 e. The van der Waals surface area contributed by atoms with Gasteiger partial charge >= 0.3 is 0 Å². The third kappa shape index (κ3) is 1.83. The van der Waals surface area contributed by atoms with Gasteiger partial charge in [-0.05, 0) is 42.9 Å². The normalized spacial score (nSPS) is 51.8. The summed E-state index contributed by atoms with van der Waals surface area (Å²) in [6, 6.07) is 0. The van der Waals surface area contributed by atoms with Crippen LogP contribution in [0.2, 0.25) is 0 Å². The van der Waals surface area contributed by atoms with Crippen LogP contribution < -0.4 is 0 Å². The molecule has 3 heteroatoms. The first-order chi connectivity index (χ1) is 8.16. The summed E-state index contributed by atoms with van der Waals surface area (Å²) in [6.45, 7) is 8.35. The van der Waals surface area contributed by atoms with Crippen LogP contribution in [0.5, 0.6) is 0 Å². The molecule has 0 unspecified atom stereocenters. The van der Waals surface area contributed by atoms with Crippen molar-refractivity contribution in [2.75, 3.05) is 6.61 Å². The second kappa shape index (κ2) is 4.19. The molecule has 0 spiro atoms. The van der Waals surface area contributed by atoms with Gasteiger partial charge in [0.05, 0.1) is 11.7 Å². The molecule has 18 heavy (non-hydrogen) atoms. The number of hydrogen-bond donors (Lipinski definition) is 3. The van der Waals surface area contributed by atoms with Crippen LogP contribution in [0.1, 0.15) is 53.4 Å². The van der Waals surface area contributed by atoms with E-state index in [-0.39, 0.29) is 23.4 Å². The first-order valence-corrected chi connectivity index (χ1v) is 7.17. The lowest BCUT2D eigenvalue weighted by Gasteiger charge is -2.62. The van der Waals surface area contributed by atoms with Crippen molar-refractivity contribution in [3.8, 4) is 0 Å². The Morgan fingerprint density at radius 2 is 1.72 bits per heavy atom. The first kappa shape index (κ1) is 14.3. The topological polar surface area (TPSA) is 60.7 Å². The number of fused-ring (bicyclic) bond motifs is 1. The summed E-state index contributed by atoms with van der Waals surface area (Å²) >= 11 is 0. The van der Waals surface area contributed by atoms with Gasteiger partial charge < -0.3 is 15.3 Å². The van der Waals surface area contributed by atoms with Crippen LogP contribution in [0.3, 0.4) is 0 Å². The summed E-state index contributed by atoms with van der Waals surface area (Å²) in [6.07, 6.45) is 3.26. The molecule has 2 rings (SSSR count). The van der Waals surface area contributed by atoms with E-state index in [9.17, 15) is 15.3 Å². The predicted molar refractivity (Wildman–Crippen MR) is 71.1 cm³/mol. The van der Waals surface area contributed by atoms with Crippen molar-refractivity contribution in [1.29, 1.82) is 0 Å². The Hall–Kier alpha value is -0.120. The molecular weight excluding hydrogens is 228 g/mol. The third-order valence-electron chi connectivity index (χ3n) is 6.09. The summed E-state index contributed by atoms with van der Waals surface area (Å²) in [5.74, 6) is 0.129. The standard InChI is InChI=1S/C15H28O3/c1-13(2)6-5-7-14(3)10(13)8-12(17)15(4,18)11(14)9-16/h10-12,16-18H,5-9H2,1-4H3/t10-,11+,12+,14-,15+/m0/s1. The molecule has 2 aliphatic rings. The van der Waals surface area contributed by atoms with Gasteiger partial charge in [-0.2, -0.15) is 0 Å². The summed E-state index contributed by atoms with van der Waals surface area (Å²) in [5.41, 5.74) is -1.06. The average molecular weight is 256 g/mol. The fraction of sp³-hybridized carbons (Fsp3) is 1.00. The fourth-order valence-corrected chi connectivity index (χ4v) is 4.93. The van der Waals surface area contributed by atoms with Gasteiger partial charge in [0.1, 0.15) is 0 Å². The molecule has 2 aliphatic carbocycles. The number of hydrogen-bond acceptors (Lipinski definition) is 3. The highest BCUT2D eigenvalue weighted by Gasteiger charge is 2.60. The van der Waals surface area contributed by atoms with E-state index in [1.54, 1.807) is 6.92 Å². The molecule has 3 N–H and O–H groups in total. The predicted octanol–water partition coefficient (Wildman–Crippen LogP) is 1.94. The van der Waals surface area contributed by atoms with Crippen LogP contribution in [0, 0.1) is 22.7 Å². The highest BCUT2D eigenvalue weighted by Crippen LogP contribution is 2.61. The summed E-state index contributed by atoms with van der Waals surface area (Å²) in [5, 5.41) is 30.6. The summed E-state index contributed by atoms with van der Waals surface area (Å²) in [7, 11) is 0. The lowest BCUT2D eigenvalue weighted by molar-refractivity contribution is -0.227. The number of rotatable bonds is 1. The average Bonchev–Trinajstić information content (AvgIpc) is 2.22. The summed E-state index contributed by atoms with van der Waals surface area (Å²) in [4.78, 5) is 0. The zero-order chi connectivity index (χ0) is 13.8. The molecule has 0 saturated heterocycles. The van der Waals surface area contributed by atoms with Crippen molar-refractivity contribution < 1.29 is 15.3 Å². The van der Waals surface area contributed by atoms with E-state index in [0.29, 0.717) is 12.3 Å². The van der Waals surface area contributed by atoms with Gasteiger partial charge in [-0.3, -0.25) is 0 Å². The van der Waals surface area contributed by atoms with E-state index < -0.39 is 11.7 Å². The SMILES string of the molecule is CC1(C)CCC[C@@]2(C)[C@H]1C[C@@H](O)[C@](C)(O)[C@@H]2CO. The molecular formula is C15H28O3. The molecule has 2 fully saturated rings. The molecule has 106 valence electrons. The lowest BCUT2D eigenvalue weighted by Crippen LogP contribution is -2.64. The van der Waals surface area contributed by atoms with Gasteiger partial charge in [-0.15, -0.1) is 0 Å². The molecule has 0 aromatic heterocycles. The van der Waals surface area contributed by atoms with Crippen LogP contribution in [0.25, 0.3) is 0 Å². The highest BCUT2D eigenvalue weighted by atomic mass is 16.3. The Kier molecular flexibility index (Phi) is 3.33. The lowest BCUT2D eigenvalue weighted by atomic mass is 9.45. The molecule has 5 atom stereocenters. The minimum atomic E-state index is -1.17. The van der Waals surface area contributed by atoms with E-state index in [2.05, 4.69) is 20.8 Å². The Morgan fingerprint density at radius 3 is 2.28 bits per heavy atom. The van der Waals surface area contributed by atoms with Crippen LogP contribution >= 0.6 is 0 Å². The molecule has 0 amide bonds. The molecule has 0 aromatic rings. The number of aliphatic hydroxyl groups is 3. The van der Waals surface area contributed by atoms with Crippen molar-refractivity contribution in [2.45, 2.75) is 65.1 Å². The van der Waals surface area contributed by atoms with Gasteiger partial charge in [-0.25, -0.2) is 0 Å². The maximum absolute atomic E-state index is 10.6. The minimum absolute atomic E-state index is 0.0485. The Labute approximate surface area is 110 Å². The number of aliphatic hydroxyl groups excluding tert-OH is 2. The van der Waals surface area contributed by atoms with Gasteiger partial charge in [0.25, 0.3) is 0 Å². The fourth-order valence-electron chi connectivity index (χ4n) is 4.93. The Morgan fingerprint density at radius 1 is 1.11 bits per heavy atom. The summed E-state index contributed by atoms with van der Waals surface area (Å²) < 4.78 is 0. The monoisotopic (exact) mass is 256 g/mol. The van der Waals surface area contributed by atoms with Crippen LogP contribution in [0.15, 0.2) is 0 Å². The van der Waals surface area contributed by atoms with E-state index >= 15 is 0 Å². The van der Waals surface area contributed by atoms with Crippen LogP contribution in [-0.2, 0) is 0 Å². The van der Waals surface area contributed by atoms with Crippen LogP contribution in [-0.4, -0.2) is 33.6 Å². The molecule has 2 saturated carbocycles. The van der Waals surface area contributed by atoms with Crippen molar-refractivity contribution in [3.63, 3.8) is 0 Å². The largest absolute Gasteiger partial charge is 0.396 e. The molecule has 0 aliphatic heterocycles. The second-order valence-corrected chi connectivity index (χ2v) is 7.61. The van der Waals surface area contributed by atoms with Crippen molar-refractivity contribution >= 4 is 0 Å². The van der Waals surface area contributed by atoms with Gasteiger partial charge in [-0.1, -0.05) is 27.2 Å². The third-order valence-corrected chi connectivity index (χ3v) is 6.09. The Balaban J connectivity index is 2.43. The van der Waals surface area contributed by atoms with Gasteiger partial charge in [0, 0.05) is 12.5 Å². The molecule has 3 nitrogen and oxygen atoms in total. The van der Waals surface area contributed by atoms with Crippen molar-refractivity contribution in [3.05, 3.63) is 0 Å². The first-order valence-electron chi connectivity index (χ1n) is 7.17. The maximum atomic E-state index is 10.6. The quantitative estimate of drug-likeness (QED) is 0.672. The zero-order valence-corrected chi connectivity index (χ0v) is 12.1. The maximum Gasteiger partial charge on any atom is 0.0932 e. The van der Waals surface area contributed by atoms with E-state index in [1.807, 2.05) is 0 Å². The van der Waals surface area contributed by atoms with Gasteiger partial charge in [0.15, 0.2) is 0 Å². The molecule has 0 radical (unpaired) electrons. The van der Waals surface area contributed by atoms with Crippen LogP contribution in [0.4, 0.5) is 0 Å². The van der Waals surface area contributed by atoms with E-state index in [4.69, 9.17) is 0 Å². The second-order valence-electron chi connectivity index (χ2n) is 7.61. The van der Waals surface area contributed by atoms with E-state index in [0.717, 1.165) is 12.8 Å². The van der Waals surface area contributed by atoms with Crippen molar-refractivity contribution in [1.82, 2.24) is 0 Å². The Bertz CT molecular complexity index is 320. The molecule has 0 heterocycles.